The molecule has 0 saturated carbocycles. The summed E-state index contributed by atoms with van der Waals surface area (Å²) < 4.78 is 11.5. The minimum absolute atomic E-state index is 0.310. The van der Waals surface area contributed by atoms with Crippen molar-refractivity contribution in [1.82, 2.24) is 0 Å². The van der Waals surface area contributed by atoms with Crippen LogP contribution >= 0.6 is 15.9 Å². The van der Waals surface area contributed by atoms with Crippen LogP contribution in [0.3, 0.4) is 0 Å². The smallest absolute Gasteiger partial charge is 0.163 e. The molecule has 0 aromatic heterocycles. The molecule has 1 aromatic rings. The number of methoxy groups -OCH3 is 2. The number of hydrogen-bond donors (Lipinski definition) is 1. The molecule has 0 aliphatic heterocycles. The van der Waals surface area contributed by atoms with E-state index in [9.17, 15) is 5.11 Å². The van der Waals surface area contributed by atoms with E-state index in [1.54, 1.807) is 21.1 Å². The Kier molecular flexibility index (Phi) is 5.09. The fourth-order valence-corrected chi connectivity index (χ4v) is 2.04. The third kappa shape index (κ3) is 3.39. The highest BCUT2D eigenvalue weighted by molar-refractivity contribution is 9.10. The highest BCUT2D eigenvalue weighted by Crippen LogP contribution is 2.35. The Hall–Kier alpha value is -0.740. The third-order valence-electron chi connectivity index (χ3n) is 2.35. The highest BCUT2D eigenvalue weighted by Gasteiger charge is 2.12. The lowest BCUT2D eigenvalue weighted by Gasteiger charge is -2.14. The number of aliphatic hydroxyl groups excluding tert-OH is 1. The molecule has 3 nitrogen and oxygen atoms in total. The number of aliphatic hydroxyl groups is 1. The van der Waals surface area contributed by atoms with Crippen LogP contribution in [0, 0.1) is 0 Å². The van der Waals surface area contributed by atoms with E-state index < -0.39 is 0 Å². The van der Waals surface area contributed by atoms with Crippen LogP contribution in [-0.4, -0.2) is 25.4 Å². The molecule has 0 aliphatic carbocycles. The zero-order chi connectivity index (χ0) is 12.1. The van der Waals surface area contributed by atoms with Crippen LogP contribution in [0.15, 0.2) is 16.6 Å². The molecule has 1 N–H and O–H groups in total. The van der Waals surface area contributed by atoms with Gasteiger partial charge in [0.2, 0.25) is 0 Å². The second-order valence-electron chi connectivity index (χ2n) is 3.69. The van der Waals surface area contributed by atoms with Crippen molar-refractivity contribution in [2.24, 2.45) is 0 Å². The second kappa shape index (κ2) is 6.11. The van der Waals surface area contributed by atoms with Gasteiger partial charge in [0.05, 0.1) is 20.3 Å². The third-order valence-corrected chi connectivity index (χ3v) is 2.81. The largest absolute Gasteiger partial charge is 0.493 e. The molecule has 0 saturated heterocycles. The van der Waals surface area contributed by atoms with Gasteiger partial charge in [-0.1, -0.05) is 15.9 Å². The minimum Gasteiger partial charge on any atom is -0.493 e. The van der Waals surface area contributed by atoms with Gasteiger partial charge in [-0.25, -0.2) is 0 Å². The van der Waals surface area contributed by atoms with Gasteiger partial charge in [0.1, 0.15) is 0 Å². The summed E-state index contributed by atoms with van der Waals surface area (Å²) in [7, 11) is 3.24. The Bertz CT molecular complexity index is 350. The summed E-state index contributed by atoms with van der Waals surface area (Å²) in [6.45, 7) is 1.78. The molecule has 1 unspecified atom stereocenters. The van der Waals surface area contributed by atoms with Crippen molar-refractivity contribution in [3.05, 3.63) is 22.2 Å². The number of halogens is 1. The number of aryl methyl sites for hydroxylation is 1. The molecule has 90 valence electrons. The van der Waals surface area contributed by atoms with Gasteiger partial charge < -0.3 is 14.6 Å². The van der Waals surface area contributed by atoms with E-state index in [2.05, 4.69) is 15.9 Å². The van der Waals surface area contributed by atoms with Crippen LogP contribution in [0.5, 0.6) is 11.5 Å². The predicted octanol–water partition coefficient (Wildman–Crippen LogP) is 2.78. The van der Waals surface area contributed by atoms with Gasteiger partial charge in [0.15, 0.2) is 11.5 Å². The fourth-order valence-electron chi connectivity index (χ4n) is 1.56. The van der Waals surface area contributed by atoms with Gasteiger partial charge in [0.25, 0.3) is 0 Å². The number of ether oxygens (including phenoxy) is 2. The summed E-state index contributed by atoms with van der Waals surface area (Å²) in [6.07, 6.45) is 1.15. The standard InChI is InChI=1S/C12H17BrO3/c1-8(14)4-5-9-6-10(13)7-11(15-2)12(9)16-3/h6-8,14H,4-5H2,1-3H3. The Morgan fingerprint density at radius 3 is 2.50 bits per heavy atom. The molecular formula is C12H17BrO3. The van der Waals surface area contributed by atoms with Gasteiger partial charge in [-0.3, -0.25) is 0 Å². The molecule has 0 fully saturated rings. The van der Waals surface area contributed by atoms with E-state index >= 15 is 0 Å². The topological polar surface area (TPSA) is 38.7 Å². The summed E-state index contributed by atoms with van der Waals surface area (Å²) in [5.41, 5.74) is 1.04. The summed E-state index contributed by atoms with van der Waals surface area (Å²) in [6, 6.07) is 3.86. The normalized spacial score (nSPS) is 12.3. The monoisotopic (exact) mass is 288 g/mol. The Morgan fingerprint density at radius 1 is 1.31 bits per heavy atom. The van der Waals surface area contributed by atoms with Gasteiger partial charge in [-0.15, -0.1) is 0 Å². The molecule has 4 heteroatoms. The van der Waals surface area contributed by atoms with E-state index in [1.165, 1.54) is 0 Å². The van der Waals surface area contributed by atoms with Crippen LogP contribution in [0.25, 0.3) is 0 Å². The Labute approximate surface area is 105 Å². The SMILES string of the molecule is COc1cc(Br)cc(CCC(C)O)c1OC. The van der Waals surface area contributed by atoms with Gasteiger partial charge in [0, 0.05) is 4.47 Å². The second-order valence-corrected chi connectivity index (χ2v) is 4.60. The lowest BCUT2D eigenvalue weighted by molar-refractivity contribution is 0.184. The van der Waals surface area contributed by atoms with Gasteiger partial charge in [-0.2, -0.15) is 0 Å². The lowest BCUT2D eigenvalue weighted by atomic mass is 10.1. The molecular weight excluding hydrogens is 272 g/mol. The fraction of sp³-hybridized carbons (Fsp3) is 0.500. The maximum atomic E-state index is 9.29. The van der Waals surface area contributed by atoms with Crippen molar-refractivity contribution < 1.29 is 14.6 Å². The van der Waals surface area contributed by atoms with E-state index in [1.807, 2.05) is 12.1 Å². The Balaban J connectivity index is 3.00. The average Bonchev–Trinajstić information content (AvgIpc) is 2.25. The molecule has 16 heavy (non-hydrogen) atoms. The van der Waals surface area contributed by atoms with Crippen LogP contribution in [0.1, 0.15) is 18.9 Å². The zero-order valence-electron chi connectivity index (χ0n) is 9.79. The van der Waals surface area contributed by atoms with Crippen LogP contribution in [0.2, 0.25) is 0 Å². The number of benzene rings is 1. The molecule has 1 rings (SSSR count). The number of rotatable bonds is 5. The molecule has 1 atom stereocenters. The molecule has 0 spiro atoms. The van der Waals surface area contributed by atoms with Gasteiger partial charge in [-0.05, 0) is 37.5 Å². The van der Waals surface area contributed by atoms with Crippen molar-refractivity contribution in [1.29, 1.82) is 0 Å². The van der Waals surface area contributed by atoms with E-state index in [0.29, 0.717) is 12.2 Å². The van der Waals surface area contributed by atoms with Crippen molar-refractivity contribution in [3.63, 3.8) is 0 Å². The van der Waals surface area contributed by atoms with E-state index in [-0.39, 0.29) is 6.10 Å². The van der Waals surface area contributed by atoms with E-state index in [0.717, 1.165) is 22.2 Å². The molecule has 0 heterocycles. The molecule has 0 amide bonds. The zero-order valence-corrected chi connectivity index (χ0v) is 11.4. The predicted molar refractivity (Wildman–Crippen MR) is 67.2 cm³/mol. The van der Waals surface area contributed by atoms with Crippen molar-refractivity contribution in [2.75, 3.05) is 14.2 Å². The number of hydrogen-bond acceptors (Lipinski definition) is 3. The lowest BCUT2D eigenvalue weighted by Crippen LogP contribution is -2.03. The van der Waals surface area contributed by atoms with Gasteiger partial charge >= 0.3 is 0 Å². The van der Waals surface area contributed by atoms with Crippen molar-refractivity contribution in [3.8, 4) is 11.5 Å². The maximum absolute atomic E-state index is 9.29. The molecule has 0 aliphatic rings. The highest BCUT2D eigenvalue weighted by atomic mass is 79.9. The summed E-state index contributed by atoms with van der Waals surface area (Å²) in [4.78, 5) is 0. The van der Waals surface area contributed by atoms with E-state index in [4.69, 9.17) is 9.47 Å². The minimum atomic E-state index is -0.310. The first-order valence-corrected chi connectivity index (χ1v) is 5.96. The van der Waals surface area contributed by atoms with Crippen LogP contribution in [-0.2, 0) is 6.42 Å². The first-order valence-electron chi connectivity index (χ1n) is 5.17. The van der Waals surface area contributed by atoms with Crippen LogP contribution < -0.4 is 9.47 Å². The first kappa shape index (κ1) is 13.3. The molecule has 0 radical (unpaired) electrons. The summed E-state index contributed by atoms with van der Waals surface area (Å²) in [5, 5.41) is 9.29. The van der Waals surface area contributed by atoms with Crippen molar-refractivity contribution in [2.45, 2.75) is 25.9 Å². The van der Waals surface area contributed by atoms with Crippen LogP contribution in [0.4, 0.5) is 0 Å². The first-order chi connectivity index (χ1) is 7.58. The quantitative estimate of drug-likeness (QED) is 0.906. The Morgan fingerprint density at radius 2 is 2.00 bits per heavy atom. The van der Waals surface area contributed by atoms with Crippen molar-refractivity contribution >= 4 is 15.9 Å². The molecule has 1 aromatic carbocycles. The molecule has 0 bridgehead atoms. The maximum Gasteiger partial charge on any atom is 0.163 e. The average molecular weight is 289 g/mol. The summed E-state index contributed by atoms with van der Waals surface area (Å²) >= 11 is 3.43. The summed E-state index contributed by atoms with van der Waals surface area (Å²) in [5.74, 6) is 1.45.